The van der Waals surface area contributed by atoms with Crippen LogP contribution in [0.2, 0.25) is 5.02 Å². The number of aromatic nitrogens is 1. The lowest BCUT2D eigenvalue weighted by Gasteiger charge is -2.20. The van der Waals surface area contributed by atoms with Gasteiger partial charge in [-0.05, 0) is 31.9 Å². The van der Waals surface area contributed by atoms with Crippen molar-refractivity contribution in [3.8, 4) is 5.88 Å². The fourth-order valence-electron chi connectivity index (χ4n) is 2.24. The van der Waals surface area contributed by atoms with Crippen LogP contribution in [-0.2, 0) is 6.18 Å². The SMILES string of the molecule is NCC1CCCC1Oc1ncc(C(F)(F)F)cc1Cl. The van der Waals surface area contributed by atoms with Gasteiger partial charge in [-0.25, -0.2) is 4.98 Å². The molecule has 1 fully saturated rings. The summed E-state index contributed by atoms with van der Waals surface area (Å²) in [5, 5.41) is -0.127. The molecule has 0 saturated heterocycles. The minimum absolute atomic E-state index is 0.0417. The van der Waals surface area contributed by atoms with Crippen molar-refractivity contribution in [2.45, 2.75) is 31.5 Å². The first kappa shape index (κ1) is 14.4. The largest absolute Gasteiger partial charge is 0.473 e. The predicted molar refractivity (Wildman–Crippen MR) is 65.1 cm³/mol. The first-order valence-corrected chi connectivity index (χ1v) is 6.39. The van der Waals surface area contributed by atoms with Gasteiger partial charge in [0.25, 0.3) is 0 Å². The number of hydrogen-bond donors (Lipinski definition) is 1. The van der Waals surface area contributed by atoms with Gasteiger partial charge in [0, 0.05) is 12.1 Å². The summed E-state index contributed by atoms with van der Waals surface area (Å²) in [5.74, 6) is 0.250. The standard InChI is InChI=1S/C12H14ClF3N2O/c13-9-4-8(12(14,15)16)6-18-11(9)19-10-3-1-2-7(10)5-17/h4,6-7,10H,1-3,5,17H2. The molecule has 0 aromatic carbocycles. The van der Waals surface area contributed by atoms with Gasteiger partial charge in [0.15, 0.2) is 0 Å². The Morgan fingerprint density at radius 3 is 2.74 bits per heavy atom. The van der Waals surface area contributed by atoms with Gasteiger partial charge in [-0.3, -0.25) is 0 Å². The highest BCUT2D eigenvalue weighted by molar-refractivity contribution is 6.31. The summed E-state index contributed by atoms with van der Waals surface area (Å²) in [6, 6.07) is 0.830. The zero-order valence-corrected chi connectivity index (χ0v) is 10.8. The summed E-state index contributed by atoms with van der Waals surface area (Å²) in [6.45, 7) is 0.489. The Morgan fingerprint density at radius 1 is 1.42 bits per heavy atom. The van der Waals surface area contributed by atoms with Gasteiger partial charge in [-0.2, -0.15) is 13.2 Å². The fourth-order valence-corrected chi connectivity index (χ4v) is 2.45. The molecule has 1 aromatic heterocycles. The summed E-state index contributed by atoms with van der Waals surface area (Å²) in [4.78, 5) is 3.66. The number of alkyl halides is 3. The molecule has 0 aliphatic heterocycles. The zero-order valence-electron chi connectivity index (χ0n) is 10.1. The fraction of sp³-hybridized carbons (Fsp3) is 0.583. The van der Waals surface area contributed by atoms with Gasteiger partial charge < -0.3 is 10.5 Å². The molecule has 19 heavy (non-hydrogen) atoms. The molecule has 2 N–H and O–H groups in total. The van der Waals surface area contributed by atoms with Crippen LogP contribution in [-0.4, -0.2) is 17.6 Å². The number of rotatable bonds is 3. The molecule has 1 aliphatic carbocycles. The number of ether oxygens (including phenoxy) is 1. The van der Waals surface area contributed by atoms with Crippen LogP contribution in [0.3, 0.4) is 0 Å². The van der Waals surface area contributed by atoms with Crippen LogP contribution in [0.5, 0.6) is 5.88 Å². The minimum atomic E-state index is -4.46. The topological polar surface area (TPSA) is 48.1 Å². The molecule has 0 amide bonds. The minimum Gasteiger partial charge on any atom is -0.473 e. The predicted octanol–water partition coefficient (Wildman–Crippen LogP) is 3.26. The third-order valence-electron chi connectivity index (χ3n) is 3.29. The van der Waals surface area contributed by atoms with Crippen molar-refractivity contribution in [2.24, 2.45) is 11.7 Å². The highest BCUT2D eigenvalue weighted by atomic mass is 35.5. The Balaban J connectivity index is 2.13. The first-order chi connectivity index (χ1) is 8.91. The Hall–Kier alpha value is -1.01. The van der Waals surface area contributed by atoms with Crippen LogP contribution in [0.1, 0.15) is 24.8 Å². The van der Waals surface area contributed by atoms with E-state index in [1.165, 1.54) is 0 Å². The molecular weight excluding hydrogens is 281 g/mol. The lowest BCUT2D eigenvalue weighted by Crippen LogP contribution is -2.28. The number of nitrogens with two attached hydrogens (primary N) is 1. The van der Waals surface area contributed by atoms with Crippen LogP contribution in [0, 0.1) is 5.92 Å². The molecule has 0 radical (unpaired) electrons. The molecule has 2 rings (SSSR count). The van der Waals surface area contributed by atoms with Crippen molar-refractivity contribution < 1.29 is 17.9 Å². The molecule has 0 bridgehead atoms. The summed E-state index contributed by atoms with van der Waals surface area (Å²) >= 11 is 5.79. The number of nitrogens with zero attached hydrogens (tertiary/aromatic N) is 1. The van der Waals surface area contributed by atoms with Crippen molar-refractivity contribution >= 4 is 11.6 Å². The van der Waals surface area contributed by atoms with E-state index in [9.17, 15) is 13.2 Å². The van der Waals surface area contributed by atoms with Gasteiger partial charge in [0.1, 0.15) is 11.1 Å². The number of hydrogen-bond acceptors (Lipinski definition) is 3. The van der Waals surface area contributed by atoms with Gasteiger partial charge in [0.2, 0.25) is 5.88 Å². The molecule has 1 aliphatic rings. The highest BCUT2D eigenvalue weighted by Gasteiger charge is 2.33. The van der Waals surface area contributed by atoms with Crippen LogP contribution < -0.4 is 10.5 Å². The smallest absolute Gasteiger partial charge is 0.417 e. The van der Waals surface area contributed by atoms with Gasteiger partial charge >= 0.3 is 6.18 Å². The third kappa shape index (κ3) is 3.30. The lowest BCUT2D eigenvalue weighted by molar-refractivity contribution is -0.137. The Morgan fingerprint density at radius 2 is 2.16 bits per heavy atom. The van der Waals surface area contributed by atoms with Crippen LogP contribution in [0.4, 0.5) is 13.2 Å². The molecule has 0 spiro atoms. The average molecular weight is 295 g/mol. The van der Waals surface area contributed by atoms with E-state index in [-0.39, 0.29) is 22.9 Å². The van der Waals surface area contributed by atoms with E-state index >= 15 is 0 Å². The van der Waals surface area contributed by atoms with Crippen LogP contribution in [0.25, 0.3) is 0 Å². The molecular formula is C12H14ClF3N2O. The third-order valence-corrected chi connectivity index (χ3v) is 3.56. The maximum absolute atomic E-state index is 12.5. The summed E-state index contributed by atoms with van der Waals surface area (Å²) < 4.78 is 43.0. The van der Waals surface area contributed by atoms with Crippen LogP contribution >= 0.6 is 11.6 Å². The second-order valence-corrected chi connectivity index (χ2v) is 5.00. The second-order valence-electron chi connectivity index (χ2n) is 4.59. The first-order valence-electron chi connectivity index (χ1n) is 6.01. The molecule has 7 heteroatoms. The Bertz CT molecular complexity index is 453. The van der Waals surface area contributed by atoms with Crippen molar-refractivity contribution in [1.82, 2.24) is 4.98 Å². The number of pyridine rings is 1. The quantitative estimate of drug-likeness (QED) is 0.931. The maximum Gasteiger partial charge on any atom is 0.417 e. The van der Waals surface area contributed by atoms with Gasteiger partial charge in [-0.15, -0.1) is 0 Å². The van der Waals surface area contributed by atoms with Gasteiger partial charge in [-0.1, -0.05) is 11.6 Å². The number of halogens is 4. The monoisotopic (exact) mass is 294 g/mol. The van der Waals surface area contributed by atoms with Crippen molar-refractivity contribution in [3.63, 3.8) is 0 Å². The summed E-state index contributed by atoms with van der Waals surface area (Å²) in [5.41, 5.74) is 4.73. The van der Waals surface area contributed by atoms with E-state index in [0.29, 0.717) is 6.54 Å². The van der Waals surface area contributed by atoms with E-state index in [1.54, 1.807) is 0 Å². The van der Waals surface area contributed by atoms with Crippen molar-refractivity contribution in [3.05, 3.63) is 22.8 Å². The van der Waals surface area contributed by atoms with E-state index in [0.717, 1.165) is 31.5 Å². The normalized spacial score (nSPS) is 23.6. The lowest BCUT2D eigenvalue weighted by atomic mass is 10.1. The molecule has 106 valence electrons. The molecule has 1 aromatic rings. The van der Waals surface area contributed by atoms with E-state index in [4.69, 9.17) is 22.1 Å². The molecule has 2 unspecified atom stereocenters. The summed E-state index contributed by atoms with van der Waals surface area (Å²) in [6.07, 6.45) is -1.08. The zero-order chi connectivity index (χ0) is 14.0. The molecule has 1 heterocycles. The van der Waals surface area contributed by atoms with Gasteiger partial charge in [0.05, 0.1) is 5.56 Å². The maximum atomic E-state index is 12.5. The Kier molecular flexibility index (Phi) is 4.20. The van der Waals surface area contributed by atoms with Crippen molar-refractivity contribution in [1.29, 1.82) is 0 Å². The molecule has 3 nitrogen and oxygen atoms in total. The van der Waals surface area contributed by atoms with E-state index < -0.39 is 11.7 Å². The molecule has 2 atom stereocenters. The highest BCUT2D eigenvalue weighted by Crippen LogP contribution is 2.35. The van der Waals surface area contributed by atoms with Crippen LogP contribution in [0.15, 0.2) is 12.3 Å². The van der Waals surface area contributed by atoms with E-state index in [2.05, 4.69) is 4.98 Å². The van der Waals surface area contributed by atoms with Crippen molar-refractivity contribution in [2.75, 3.05) is 6.54 Å². The molecule has 1 saturated carbocycles. The second kappa shape index (κ2) is 5.54. The summed E-state index contributed by atoms with van der Waals surface area (Å²) in [7, 11) is 0. The van der Waals surface area contributed by atoms with E-state index in [1.807, 2.05) is 0 Å². The average Bonchev–Trinajstić information content (AvgIpc) is 2.77. The Labute approximate surface area is 113 Å².